The zero-order valence-electron chi connectivity index (χ0n) is 13.7. The minimum atomic E-state index is -4.46. The van der Waals surface area contributed by atoms with E-state index in [-0.39, 0.29) is 19.3 Å². The predicted molar refractivity (Wildman–Crippen MR) is 80.3 cm³/mol. The number of esters is 2. The molecule has 0 aliphatic rings. The number of amides is 1. The molecule has 1 rings (SSSR count). The molecule has 0 saturated carbocycles. The first-order valence-electron chi connectivity index (χ1n) is 7.27. The number of alkyl halides is 3. The van der Waals surface area contributed by atoms with Gasteiger partial charge in [-0.1, -0.05) is 12.1 Å². The fourth-order valence-electron chi connectivity index (χ4n) is 1.99. The number of halogens is 3. The molecule has 0 fully saturated rings. The third-order valence-corrected chi connectivity index (χ3v) is 3.33. The average molecular weight is 361 g/mol. The van der Waals surface area contributed by atoms with Gasteiger partial charge in [0.2, 0.25) is 5.91 Å². The Balaban J connectivity index is 2.74. The summed E-state index contributed by atoms with van der Waals surface area (Å²) in [6.07, 6.45) is -4.85. The van der Waals surface area contributed by atoms with Gasteiger partial charge in [-0.3, -0.25) is 9.59 Å². The molecule has 1 aromatic rings. The molecule has 138 valence electrons. The monoisotopic (exact) mass is 361 g/mol. The quantitative estimate of drug-likeness (QED) is 0.750. The van der Waals surface area contributed by atoms with Crippen molar-refractivity contribution in [2.45, 2.75) is 31.5 Å². The largest absolute Gasteiger partial charge is 0.469 e. The third-order valence-electron chi connectivity index (χ3n) is 3.33. The van der Waals surface area contributed by atoms with E-state index in [0.717, 1.165) is 19.2 Å². The molecule has 9 heteroatoms. The number of carbonyl (C=O) groups excluding carboxylic acids is 3. The Morgan fingerprint density at radius 2 is 1.64 bits per heavy atom. The van der Waals surface area contributed by atoms with Gasteiger partial charge in [0.15, 0.2) is 0 Å². The van der Waals surface area contributed by atoms with Crippen molar-refractivity contribution < 1.29 is 37.0 Å². The summed E-state index contributed by atoms with van der Waals surface area (Å²) >= 11 is 0. The lowest BCUT2D eigenvalue weighted by Gasteiger charge is -2.17. The summed E-state index contributed by atoms with van der Waals surface area (Å²) in [7, 11) is 2.31. The van der Waals surface area contributed by atoms with Crippen LogP contribution in [0, 0.1) is 0 Å². The van der Waals surface area contributed by atoms with Gasteiger partial charge in [0, 0.05) is 12.8 Å². The number of benzene rings is 1. The smallest absolute Gasteiger partial charge is 0.416 e. The van der Waals surface area contributed by atoms with E-state index in [2.05, 4.69) is 14.8 Å². The summed E-state index contributed by atoms with van der Waals surface area (Å²) < 4.78 is 46.6. The minimum absolute atomic E-state index is 0.0469. The maximum atomic E-state index is 12.5. The van der Waals surface area contributed by atoms with Crippen LogP contribution in [0.4, 0.5) is 13.2 Å². The number of carbonyl (C=O) groups is 3. The highest BCUT2D eigenvalue weighted by Crippen LogP contribution is 2.29. The van der Waals surface area contributed by atoms with Gasteiger partial charge < -0.3 is 14.8 Å². The third kappa shape index (κ3) is 6.82. The molecule has 1 amide bonds. The summed E-state index contributed by atoms with van der Waals surface area (Å²) in [4.78, 5) is 34.6. The predicted octanol–water partition coefficient (Wildman–Crippen LogP) is 1.86. The van der Waals surface area contributed by atoms with Crippen LogP contribution in [-0.2, 0) is 36.5 Å². The van der Waals surface area contributed by atoms with Crippen LogP contribution in [0.2, 0.25) is 0 Å². The van der Waals surface area contributed by atoms with Crippen LogP contribution in [0.1, 0.15) is 24.0 Å². The Morgan fingerprint density at radius 3 is 2.12 bits per heavy atom. The van der Waals surface area contributed by atoms with E-state index in [1.165, 1.54) is 19.2 Å². The van der Waals surface area contributed by atoms with Crippen LogP contribution in [0.15, 0.2) is 24.3 Å². The van der Waals surface area contributed by atoms with E-state index in [4.69, 9.17) is 0 Å². The molecule has 0 aliphatic heterocycles. The van der Waals surface area contributed by atoms with E-state index in [1.807, 2.05) is 0 Å². The molecule has 0 radical (unpaired) electrons. The average Bonchev–Trinajstić information content (AvgIpc) is 2.58. The van der Waals surface area contributed by atoms with E-state index < -0.39 is 35.6 Å². The van der Waals surface area contributed by atoms with Crippen molar-refractivity contribution in [3.63, 3.8) is 0 Å². The van der Waals surface area contributed by atoms with Crippen LogP contribution < -0.4 is 5.32 Å². The molecule has 0 unspecified atom stereocenters. The van der Waals surface area contributed by atoms with Gasteiger partial charge in [0.25, 0.3) is 0 Å². The molecular formula is C16H18F3NO5. The van der Waals surface area contributed by atoms with E-state index in [9.17, 15) is 27.6 Å². The lowest BCUT2D eigenvalue weighted by Crippen LogP contribution is -2.43. The highest BCUT2D eigenvalue weighted by Gasteiger charge is 2.30. The lowest BCUT2D eigenvalue weighted by atomic mass is 10.0. The second kappa shape index (κ2) is 9.05. The molecule has 6 nitrogen and oxygen atoms in total. The van der Waals surface area contributed by atoms with Crippen LogP contribution in [0.3, 0.4) is 0 Å². The molecule has 0 bridgehead atoms. The summed E-state index contributed by atoms with van der Waals surface area (Å²) in [5, 5.41) is 2.40. The Morgan fingerprint density at radius 1 is 1.04 bits per heavy atom. The number of hydrogen-bond donors (Lipinski definition) is 1. The zero-order chi connectivity index (χ0) is 19.0. The highest BCUT2D eigenvalue weighted by atomic mass is 19.4. The Kier molecular flexibility index (Phi) is 7.41. The number of ether oxygens (including phenoxy) is 2. The molecule has 0 heterocycles. The summed E-state index contributed by atoms with van der Waals surface area (Å²) in [5.74, 6) is -1.90. The summed E-state index contributed by atoms with van der Waals surface area (Å²) in [6, 6.07) is 3.15. The SMILES string of the molecule is COC(=O)CCC(=O)N[C@@H](Cc1ccc(C(F)(F)F)cc1)C(=O)OC. The van der Waals surface area contributed by atoms with Crippen molar-refractivity contribution in [2.75, 3.05) is 14.2 Å². The maximum absolute atomic E-state index is 12.5. The number of nitrogens with one attached hydrogen (secondary N) is 1. The topological polar surface area (TPSA) is 81.7 Å². The van der Waals surface area contributed by atoms with Gasteiger partial charge in [-0.15, -0.1) is 0 Å². The van der Waals surface area contributed by atoms with Crippen molar-refractivity contribution in [1.82, 2.24) is 5.32 Å². The number of rotatable bonds is 7. The fraction of sp³-hybridized carbons (Fsp3) is 0.438. The lowest BCUT2D eigenvalue weighted by molar-refractivity contribution is -0.145. The van der Waals surface area contributed by atoms with Gasteiger partial charge >= 0.3 is 18.1 Å². The number of methoxy groups -OCH3 is 2. The normalized spacial score (nSPS) is 12.2. The zero-order valence-corrected chi connectivity index (χ0v) is 13.7. The molecular weight excluding hydrogens is 343 g/mol. The van der Waals surface area contributed by atoms with Crippen molar-refractivity contribution in [2.24, 2.45) is 0 Å². The second-order valence-corrected chi connectivity index (χ2v) is 5.12. The first-order chi connectivity index (χ1) is 11.7. The summed E-state index contributed by atoms with van der Waals surface area (Å²) in [5.41, 5.74) is -0.398. The van der Waals surface area contributed by atoms with Gasteiger partial charge in [-0.2, -0.15) is 13.2 Å². The Hall–Kier alpha value is -2.58. The van der Waals surface area contributed by atoms with Gasteiger partial charge in [0.05, 0.1) is 26.2 Å². The minimum Gasteiger partial charge on any atom is -0.469 e. The Bertz CT molecular complexity index is 613. The Labute approximate surface area is 142 Å². The standard InChI is InChI=1S/C16H18F3NO5/c1-24-14(22)8-7-13(21)20-12(15(23)25-2)9-10-3-5-11(6-4-10)16(17,18)19/h3-6,12H,7-9H2,1-2H3,(H,20,21)/t12-/m0/s1. The van der Waals surface area contributed by atoms with Gasteiger partial charge in [-0.25, -0.2) is 4.79 Å². The van der Waals surface area contributed by atoms with E-state index in [1.54, 1.807) is 0 Å². The van der Waals surface area contributed by atoms with E-state index in [0.29, 0.717) is 5.56 Å². The maximum Gasteiger partial charge on any atom is 0.416 e. The first-order valence-corrected chi connectivity index (χ1v) is 7.27. The summed E-state index contributed by atoms with van der Waals surface area (Å²) in [6.45, 7) is 0. The van der Waals surface area contributed by atoms with Crippen LogP contribution >= 0.6 is 0 Å². The van der Waals surface area contributed by atoms with Crippen LogP contribution in [-0.4, -0.2) is 38.1 Å². The molecule has 0 saturated heterocycles. The van der Waals surface area contributed by atoms with Gasteiger partial charge in [0.1, 0.15) is 6.04 Å². The molecule has 0 aliphatic carbocycles. The van der Waals surface area contributed by atoms with Crippen molar-refractivity contribution in [3.8, 4) is 0 Å². The van der Waals surface area contributed by atoms with Crippen molar-refractivity contribution >= 4 is 17.8 Å². The van der Waals surface area contributed by atoms with Crippen LogP contribution in [0.25, 0.3) is 0 Å². The molecule has 0 spiro atoms. The van der Waals surface area contributed by atoms with E-state index >= 15 is 0 Å². The fourth-order valence-corrected chi connectivity index (χ4v) is 1.99. The second-order valence-electron chi connectivity index (χ2n) is 5.12. The van der Waals surface area contributed by atoms with Gasteiger partial charge in [-0.05, 0) is 17.7 Å². The van der Waals surface area contributed by atoms with Crippen molar-refractivity contribution in [3.05, 3.63) is 35.4 Å². The highest BCUT2D eigenvalue weighted by molar-refractivity contribution is 5.86. The molecule has 0 aromatic heterocycles. The van der Waals surface area contributed by atoms with Crippen LogP contribution in [0.5, 0.6) is 0 Å². The molecule has 1 N–H and O–H groups in total. The van der Waals surface area contributed by atoms with Crippen molar-refractivity contribution in [1.29, 1.82) is 0 Å². The molecule has 1 aromatic carbocycles. The number of hydrogen-bond acceptors (Lipinski definition) is 5. The molecule has 1 atom stereocenters. The molecule has 25 heavy (non-hydrogen) atoms. The first kappa shape index (κ1) is 20.5.